The first-order chi connectivity index (χ1) is 8.97. The van der Waals surface area contributed by atoms with Gasteiger partial charge in [0.15, 0.2) is 0 Å². The molecule has 0 radical (unpaired) electrons. The minimum absolute atomic E-state index is 0.00270. The second-order valence-corrected chi connectivity index (χ2v) is 5.96. The van der Waals surface area contributed by atoms with Gasteiger partial charge in [0.25, 0.3) is 0 Å². The maximum Gasteiger partial charge on any atom is 0.340 e. The molecule has 19 heavy (non-hydrogen) atoms. The zero-order valence-corrected chi connectivity index (χ0v) is 12.1. The summed E-state index contributed by atoms with van der Waals surface area (Å²) < 4.78 is 5.55. The maximum atomic E-state index is 12.1. The molecular formula is C15H20ClNO2. The summed E-state index contributed by atoms with van der Waals surface area (Å²) in [5.41, 5.74) is 6.55. The standard InChI is InChI=1S/C15H20ClNO2/c1-9-3-5-12(7-10(9)2)19-15(18)13-8-11(16)4-6-14(13)17/h4,6,8-10,12H,3,5,7,17H2,1-2H3. The third-order valence-electron chi connectivity index (χ3n) is 4.06. The normalized spacial score (nSPS) is 27.0. The molecule has 0 heterocycles. The van der Waals surface area contributed by atoms with E-state index in [0.29, 0.717) is 28.1 Å². The average molecular weight is 282 g/mol. The molecule has 1 saturated carbocycles. The number of hydrogen-bond donors (Lipinski definition) is 1. The van der Waals surface area contributed by atoms with Crippen molar-refractivity contribution in [2.45, 2.75) is 39.2 Å². The molecule has 3 atom stereocenters. The van der Waals surface area contributed by atoms with Crippen molar-refractivity contribution in [3.63, 3.8) is 0 Å². The van der Waals surface area contributed by atoms with Crippen molar-refractivity contribution in [3.05, 3.63) is 28.8 Å². The molecule has 0 saturated heterocycles. The van der Waals surface area contributed by atoms with Gasteiger partial charge in [0, 0.05) is 10.7 Å². The van der Waals surface area contributed by atoms with Crippen LogP contribution in [-0.4, -0.2) is 12.1 Å². The molecule has 1 fully saturated rings. The number of nitrogens with two attached hydrogens (primary N) is 1. The third-order valence-corrected chi connectivity index (χ3v) is 4.29. The molecule has 0 amide bonds. The smallest absolute Gasteiger partial charge is 0.340 e. The molecule has 3 unspecified atom stereocenters. The molecule has 1 aromatic rings. The Morgan fingerprint density at radius 1 is 1.32 bits per heavy atom. The maximum absolute atomic E-state index is 12.1. The molecule has 1 aromatic carbocycles. The lowest BCUT2D eigenvalue weighted by molar-refractivity contribution is 0.00890. The fourth-order valence-electron chi connectivity index (χ4n) is 2.53. The Hall–Kier alpha value is -1.22. The first kappa shape index (κ1) is 14.2. The molecule has 0 bridgehead atoms. The number of anilines is 1. The Balaban J connectivity index is 2.03. The SMILES string of the molecule is CC1CCC(OC(=O)c2cc(Cl)ccc2N)CC1C. The highest BCUT2D eigenvalue weighted by Crippen LogP contribution is 2.31. The van der Waals surface area contributed by atoms with Gasteiger partial charge in [-0.25, -0.2) is 4.79 Å². The van der Waals surface area contributed by atoms with Gasteiger partial charge in [-0.15, -0.1) is 0 Å². The lowest BCUT2D eigenvalue weighted by Crippen LogP contribution is -2.28. The van der Waals surface area contributed by atoms with E-state index < -0.39 is 0 Å². The average Bonchev–Trinajstić information content (AvgIpc) is 2.36. The van der Waals surface area contributed by atoms with Crippen LogP contribution in [0.1, 0.15) is 43.5 Å². The van der Waals surface area contributed by atoms with Crippen LogP contribution >= 0.6 is 11.6 Å². The number of hydrogen-bond acceptors (Lipinski definition) is 3. The van der Waals surface area contributed by atoms with Crippen molar-refractivity contribution in [2.24, 2.45) is 11.8 Å². The van der Waals surface area contributed by atoms with Gasteiger partial charge in [-0.2, -0.15) is 0 Å². The first-order valence-corrected chi connectivity index (χ1v) is 7.11. The number of carbonyl (C=O) groups is 1. The van der Waals surface area contributed by atoms with E-state index in [9.17, 15) is 4.79 Å². The van der Waals surface area contributed by atoms with Gasteiger partial charge in [-0.3, -0.25) is 0 Å². The topological polar surface area (TPSA) is 52.3 Å². The lowest BCUT2D eigenvalue weighted by Gasteiger charge is -2.31. The number of nitrogen functional groups attached to an aromatic ring is 1. The van der Waals surface area contributed by atoms with Gasteiger partial charge in [0.05, 0.1) is 5.56 Å². The van der Waals surface area contributed by atoms with E-state index in [1.807, 2.05) is 0 Å². The van der Waals surface area contributed by atoms with Gasteiger partial charge in [-0.05, 0) is 49.3 Å². The van der Waals surface area contributed by atoms with Crippen LogP contribution in [0, 0.1) is 11.8 Å². The minimum Gasteiger partial charge on any atom is -0.459 e. The summed E-state index contributed by atoms with van der Waals surface area (Å²) in [6.45, 7) is 4.45. The highest BCUT2D eigenvalue weighted by Gasteiger charge is 2.27. The van der Waals surface area contributed by atoms with Crippen LogP contribution in [0.4, 0.5) is 5.69 Å². The van der Waals surface area contributed by atoms with Gasteiger partial charge < -0.3 is 10.5 Å². The quantitative estimate of drug-likeness (QED) is 0.661. The Morgan fingerprint density at radius 3 is 2.74 bits per heavy atom. The van der Waals surface area contributed by atoms with Crippen molar-refractivity contribution in [1.82, 2.24) is 0 Å². The summed E-state index contributed by atoms with van der Waals surface area (Å²) in [4.78, 5) is 12.1. The number of halogens is 1. The van der Waals surface area contributed by atoms with Crippen molar-refractivity contribution in [1.29, 1.82) is 0 Å². The highest BCUT2D eigenvalue weighted by atomic mass is 35.5. The molecule has 1 aliphatic carbocycles. The van der Waals surface area contributed by atoms with Crippen molar-refractivity contribution < 1.29 is 9.53 Å². The van der Waals surface area contributed by atoms with Crippen LogP contribution < -0.4 is 5.73 Å². The van der Waals surface area contributed by atoms with Crippen LogP contribution in [0.15, 0.2) is 18.2 Å². The first-order valence-electron chi connectivity index (χ1n) is 6.73. The van der Waals surface area contributed by atoms with E-state index in [1.165, 1.54) is 0 Å². The fraction of sp³-hybridized carbons (Fsp3) is 0.533. The predicted octanol–water partition coefficient (Wildman–Crippen LogP) is 3.90. The number of esters is 1. The molecule has 104 valence electrons. The predicted molar refractivity (Wildman–Crippen MR) is 77.2 cm³/mol. The number of ether oxygens (including phenoxy) is 1. The summed E-state index contributed by atoms with van der Waals surface area (Å²) in [5, 5.41) is 0.492. The summed E-state index contributed by atoms with van der Waals surface area (Å²) >= 11 is 5.88. The monoisotopic (exact) mass is 281 g/mol. The number of benzene rings is 1. The summed E-state index contributed by atoms with van der Waals surface area (Å²) in [6.07, 6.45) is 2.95. The molecule has 0 spiro atoms. The molecule has 0 aromatic heterocycles. The zero-order valence-electron chi connectivity index (χ0n) is 11.4. The van der Waals surface area contributed by atoms with Crippen LogP contribution in [0.3, 0.4) is 0 Å². The fourth-order valence-corrected chi connectivity index (χ4v) is 2.70. The van der Waals surface area contributed by atoms with Gasteiger partial charge in [0.2, 0.25) is 0 Å². The van der Waals surface area contributed by atoms with E-state index in [1.54, 1.807) is 18.2 Å². The van der Waals surface area contributed by atoms with E-state index >= 15 is 0 Å². The Bertz CT molecular complexity index is 475. The van der Waals surface area contributed by atoms with Crippen LogP contribution in [0.2, 0.25) is 5.02 Å². The number of carbonyl (C=O) groups excluding carboxylic acids is 1. The highest BCUT2D eigenvalue weighted by molar-refractivity contribution is 6.31. The van der Waals surface area contributed by atoms with Crippen molar-refractivity contribution in [2.75, 3.05) is 5.73 Å². The molecule has 2 rings (SSSR count). The van der Waals surface area contributed by atoms with Gasteiger partial charge in [-0.1, -0.05) is 25.4 Å². The molecular weight excluding hydrogens is 262 g/mol. The van der Waals surface area contributed by atoms with Crippen LogP contribution in [-0.2, 0) is 4.74 Å². The Labute approximate surface area is 119 Å². The molecule has 2 N–H and O–H groups in total. The van der Waals surface area contributed by atoms with Crippen LogP contribution in [0.5, 0.6) is 0 Å². The molecule has 4 heteroatoms. The summed E-state index contributed by atoms with van der Waals surface area (Å²) in [7, 11) is 0. The largest absolute Gasteiger partial charge is 0.459 e. The van der Waals surface area contributed by atoms with E-state index in [4.69, 9.17) is 22.1 Å². The van der Waals surface area contributed by atoms with Crippen molar-refractivity contribution in [3.8, 4) is 0 Å². The minimum atomic E-state index is -0.369. The third kappa shape index (κ3) is 3.41. The second kappa shape index (κ2) is 5.83. The summed E-state index contributed by atoms with van der Waals surface area (Å²) in [6, 6.07) is 4.86. The number of rotatable bonds is 2. The second-order valence-electron chi connectivity index (χ2n) is 5.53. The van der Waals surface area contributed by atoms with Gasteiger partial charge >= 0.3 is 5.97 Å². The summed E-state index contributed by atoms with van der Waals surface area (Å²) in [5.74, 6) is 0.918. The Kier molecular flexibility index (Phi) is 4.35. The van der Waals surface area contributed by atoms with Gasteiger partial charge in [0.1, 0.15) is 6.10 Å². The van der Waals surface area contributed by atoms with Crippen molar-refractivity contribution >= 4 is 23.3 Å². The van der Waals surface area contributed by atoms with Crippen LogP contribution in [0.25, 0.3) is 0 Å². The zero-order chi connectivity index (χ0) is 14.0. The molecule has 0 aliphatic heterocycles. The Morgan fingerprint density at radius 2 is 2.05 bits per heavy atom. The lowest BCUT2D eigenvalue weighted by atomic mass is 9.80. The van der Waals surface area contributed by atoms with E-state index in [-0.39, 0.29) is 12.1 Å². The molecule has 1 aliphatic rings. The van der Waals surface area contributed by atoms with E-state index in [2.05, 4.69) is 13.8 Å². The molecule has 3 nitrogen and oxygen atoms in total. The van der Waals surface area contributed by atoms with E-state index in [0.717, 1.165) is 19.3 Å².